The number of rotatable bonds is 4. The van der Waals surface area contributed by atoms with Crippen molar-refractivity contribution < 1.29 is 14.3 Å². The molecule has 1 amide bonds. The molecule has 4 N–H and O–H groups in total. The van der Waals surface area contributed by atoms with Crippen LogP contribution in [0.25, 0.3) is 0 Å². The van der Waals surface area contributed by atoms with Gasteiger partial charge in [0.2, 0.25) is 5.91 Å². The molecule has 0 heterocycles. The molecule has 0 saturated heterocycles. The van der Waals surface area contributed by atoms with Gasteiger partial charge in [-0.2, -0.15) is 0 Å². The lowest BCUT2D eigenvalue weighted by Gasteiger charge is -2.15. The minimum atomic E-state index is -0.873. The fourth-order valence-corrected chi connectivity index (χ4v) is 1.44. The molecule has 1 aromatic carbocycles. The fourth-order valence-electron chi connectivity index (χ4n) is 1.44. The van der Waals surface area contributed by atoms with Crippen molar-refractivity contribution in [3.05, 3.63) is 29.6 Å². The average molecular weight is 226 g/mol. The quantitative estimate of drug-likeness (QED) is 0.721. The number of anilines is 1. The minimum Gasteiger partial charge on any atom is -0.388 e. The molecule has 0 aliphatic rings. The van der Waals surface area contributed by atoms with Crippen molar-refractivity contribution in [2.45, 2.75) is 19.4 Å². The Morgan fingerprint density at radius 1 is 1.62 bits per heavy atom. The number of carbonyl (C=O) groups is 1. The Morgan fingerprint density at radius 2 is 2.31 bits per heavy atom. The number of carbonyl (C=O) groups excluding carboxylic acids is 1. The van der Waals surface area contributed by atoms with E-state index in [0.29, 0.717) is 12.0 Å². The molecule has 5 heteroatoms. The summed E-state index contributed by atoms with van der Waals surface area (Å²) in [5.74, 6) is -0.949. The number of hydrogen-bond donors (Lipinski definition) is 3. The standard InChI is InChI=1S/C11H15FN2O2/c1-7(15)14-11-8(10(16)5-6-13)3-2-4-9(11)12/h2-4,10,16H,5-6,13H2,1H3,(H,14,15). The van der Waals surface area contributed by atoms with Crippen LogP contribution < -0.4 is 11.1 Å². The lowest BCUT2D eigenvalue weighted by molar-refractivity contribution is -0.114. The Kier molecular flexibility index (Phi) is 4.39. The maximum absolute atomic E-state index is 13.5. The molecule has 1 atom stereocenters. The van der Waals surface area contributed by atoms with E-state index in [1.165, 1.54) is 19.1 Å². The number of benzene rings is 1. The Morgan fingerprint density at radius 3 is 2.88 bits per heavy atom. The van der Waals surface area contributed by atoms with E-state index >= 15 is 0 Å². The van der Waals surface area contributed by atoms with Crippen LogP contribution in [0.1, 0.15) is 25.0 Å². The lowest BCUT2D eigenvalue weighted by atomic mass is 10.0. The zero-order valence-corrected chi connectivity index (χ0v) is 9.03. The Labute approximate surface area is 93.3 Å². The van der Waals surface area contributed by atoms with Gasteiger partial charge in [0.1, 0.15) is 5.82 Å². The fraction of sp³-hybridized carbons (Fsp3) is 0.364. The van der Waals surface area contributed by atoms with Gasteiger partial charge < -0.3 is 16.2 Å². The van der Waals surface area contributed by atoms with E-state index in [0.717, 1.165) is 0 Å². The van der Waals surface area contributed by atoms with E-state index in [4.69, 9.17) is 5.73 Å². The van der Waals surface area contributed by atoms with Crippen molar-refractivity contribution in [2.75, 3.05) is 11.9 Å². The van der Waals surface area contributed by atoms with Gasteiger partial charge in [0.05, 0.1) is 11.8 Å². The van der Waals surface area contributed by atoms with Crippen LogP contribution in [0.4, 0.5) is 10.1 Å². The maximum atomic E-state index is 13.5. The van der Waals surface area contributed by atoms with E-state index in [1.807, 2.05) is 0 Å². The molecule has 0 aliphatic carbocycles. The number of aliphatic hydroxyl groups excluding tert-OH is 1. The summed E-state index contributed by atoms with van der Waals surface area (Å²) < 4.78 is 13.5. The highest BCUT2D eigenvalue weighted by atomic mass is 19.1. The van der Waals surface area contributed by atoms with Crippen LogP contribution in [0.15, 0.2) is 18.2 Å². The van der Waals surface area contributed by atoms with Crippen LogP contribution in [-0.2, 0) is 4.79 Å². The first-order valence-electron chi connectivity index (χ1n) is 5.00. The van der Waals surface area contributed by atoms with Gasteiger partial charge in [-0.25, -0.2) is 4.39 Å². The highest BCUT2D eigenvalue weighted by molar-refractivity contribution is 5.89. The number of halogens is 1. The minimum absolute atomic E-state index is 0.0240. The van der Waals surface area contributed by atoms with Crippen LogP contribution in [0, 0.1) is 5.82 Å². The number of nitrogens with two attached hydrogens (primary N) is 1. The smallest absolute Gasteiger partial charge is 0.221 e. The molecule has 0 aliphatic heterocycles. The average Bonchev–Trinajstić information content (AvgIpc) is 2.20. The number of nitrogens with one attached hydrogen (secondary N) is 1. The molecular formula is C11H15FN2O2. The van der Waals surface area contributed by atoms with Crippen molar-refractivity contribution in [1.29, 1.82) is 0 Å². The van der Waals surface area contributed by atoms with Crippen molar-refractivity contribution in [2.24, 2.45) is 5.73 Å². The summed E-state index contributed by atoms with van der Waals surface area (Å²) in [4.78, 5) is 10.9. The van der Waals surface area contributed by atoms with Crippen LogP contribution in [0.5, 0.6) is 0 Å². The van der Waals surface area contributed by atoms with Crippen LogP contribution in [0.2, 0.25) is 0 Å². The maximum Gasteiger partial charge on any atom is 0.221 e. The molecule has 16 heavy (non-hydrogen) atoms. The topological polar surface area (TPSA) is 75.3 Å². The second-order valence-electron chi connectivity index (χ2n) is 3.48. The molecule has 0 radical (unpaired) electrons. The van der Waals surface area contributed by atoms with Crippen LogP contribution in [-0.4, -0.2) is 17.6 Å². The number of hydrogen-bond acceptors (Lipinski definition) is 3. The molecule has 88 valence electrons. The first kappa shape index (κ1) is 12.6. The first-order chi connectivity index (χ1) is 7.56. The van der Waals surface area contributed by atoms with Crippen molar-refractivity contribution in [3.8, 4) is 0 Å². The first-order valence-corrected chi connectivity index (χ1v) is 5.00. The van der Waals surface area contributed by atoms with Gasteiger partial charge in [0, 0.05) is 12.5 Å². The van der Waals surface area contributed by atoms with Gasteiger partial charge >= 0.3 is 0 Å². The second-order valence-corrected chi connectivity index (χ2v) is 3.48. The number of para-hydroxylation sites is 1. The van der Waals surface area contributed by atoms with Gasteiger partial charge in [-0.1, -0.05) is 12.1 Å². The molecule has 0 fully saturated rings. The van der Waals surface area contributed by atoms with Gasteiger partial charge in [-0.05, 0) is 19.0 Å². The number of amides is 1. The molecule has 0 aromatic heterocycles. The molecule has 0 bridgehead atoms. The lowest BCUT2D eigenvalue weighted by Crippen LogP contribution is -2.13. The molecule has 0 spiro atoms. The summed E-state index contributed by atoms with van der Waals surface area (Å²) in [6, 6.07) is 4.27. The third-order valence-corrected chi connectivity index (χ3v) is 2.15. The van der Waals surface area contributed by atoms with Gasteiger partial charge in [-0.3, -0.25) is 4.79 Å². The van der Waals surface area contributed by atoms with Crippen LogP contribution >= 0.6 is 0 Å². The predicted octanol–water partition coefficient (Wildman–Crippen LogP) is 1.17. The summed E-state index contributed by atoms with van der Waals surface area (Å²) in [5.41, 5.74) is 5.69. The second kappa shape index (κ2) is 5.58. The van der Waals surface area contributed by atoms with E-state index < -0.39 is 11.9 Å². The van der Waals surface area contributed by atoms with E-state index in [9.17, 15) is 14.3 Å². The molecule has 1 rings (SSSR count). The zero-order valence-electron chi connectivity index (χ0n) is 9.03. The molecule has 0 saturated carbocycles. The van der Waals surface area contributed by atoms with Gasteiger partial charge in [-0.15, -0.1) is 0 Å². The van der Waals surface area contributed by atoms with Crippen molar-refractivity contribution in [3.63, 3.8) is 0 Å². The largest absolute Gasteiger partial charge is 0.388 e. The molecular weight excluding hydrogens is 211 g/mol. The number of aliphatic hydroxyl groups is 1. The third-order valence-electron chi connectivity index (χ3n) is 2.15. The Bertz CT molecular complexity index is 382. The van der Waals surface area contributed by atoms with Crippen LogP contribution in [0.3, 0.4) is 0 Å². The van der Waals surface area contributed by atoms with E-state index in [-0.39, 0.29) is 18.1 Å². The Hall–Kier alpha value is -1.46. The summed E-state index contributed by atoms with van der Waals surface area (Å²) in [7, 11) is 0. The molecule has 1 aromatic rings. The molecule has 4 nitrogen and oxygen atoms in total. The summed E-state index contributed by atoms with van der Waals surface area (Å²) in [5, 5.41) is 12.1. The molecule has 1 unspecified atom stereocenters. The normalized spacial score (nSPS) is 12.2. The van der Waals surface area contributed by atoms with Crippen molar-refractivity contribution >= 4 is 11.6 Å². The highest BCUT2D eigenvalue weighted by Gasteiger charge is 2.15. The highest BCUT2D eigenvalue weighted by Crippen LogP contribution is 2.27. The van der Waals surface area contributed by atoms with E-state index in [2.05, 4.69) is 5.32 Å². The predicted molar refractivity (Wildman–Crippen MR) is 59.3 cm³/mol. The SMILES string of the molecule is CC(=O)Nc1c(F)cccc1C(O)CCN. The Balaban J connectivity index is 3.06. The van der Waals surface area contributed by atoms with Crippen molar-refractivity contribution in [1.82, 2.24) is 0 Å². The van der Waals surface area contributed by atoms with Gasteiger partial charge in [0.15, 0.2) is 0 Å². The van der Waals surface area contributed by atoms with Gasteiger partial charge in [0.25, 0.3) is 0 Å². The summed E-state index contributed by atoms with van der Waals surface area (Å²) in [6.45, 7) is 1.57. The third kappa shape index (κ3) is 3.01. The van der Waals surface area contributed by atoms with E-state index in [1.54, 1.807) is 6.07 Å². The summed E-state index contributed by atoms with van der Waals surface area (Å²) in [6.07, 6.45) is -0.557. The monoisotopic (exact) mass is 226 g/mol. The summed E-state index contributed by atoms with van der Waals surface area (Å²) >= 11 is 0. The zero-order chi connectivity index (χ0) is 12.1.